The summed E-state index contributed by atoms with van der Waals surface area (Å²) in [6.07, 6.45) is -0.613. The molecule has 4 rings (SSSR count). The fraction of sp³-hybridized carbons (Fsp3) is 0.292. The second kappa shape index (κ2) is 10.1. The Bertz CT molecular complexity index is 1040. The average molecular weight is 434 g/mol. The van der Waals surface area contributed by atoms with Gasteiger partial charge < -0.3 is 25.0 Å². The summed E-state index contributed by atoms with van der Waals surface area (Å²) in [6, 6.07) is 18.7. The number of hydrogen-bond donors (Lipinski definition) is 2. The molecule has 1 amide bonds. The third kappa shape index (κ3) is 5.73. The fourth-order valence-electron chi connectivity index (χ4n) is 3.36. The van der Waals surface area contributed by atoms with E-state index in [1.807, 2.05) is 67.6 Å². The molecule has 1 aliphatic heterocycles. The molecule has 1 atom stereocenters. The maximum atomic E-state index is 12.4. The van der Waals surface area contributed by atoms with Gasteiger partial charge in [0.15, 0.2) is 6.10 Å². The summed E-state index contributed by atoms with van der Waals surface area (Å²) in [7, 11) is 0. The van der Waals surface area contributed by atoms with Crippen LogP contribution in [-0.2, 0) is 9.53 Å². The topological polar surface area (TPSA) is 88.6 Å². The number of benzene rings is 2. The van der Waals surface area contributed by atoms with Crippen LogP contribution in [0.5, 0.6) is 5.75 Å². The molecule has 32 heavy (non-hydrogen) atoms. The van der Waals surface area contributed by atoms with Gasteiger partial charge in [0.2, 0.25) is 0 Å². The van der Waals surface area contributed by atoms with Gasteiger partial charge in [-0.15, -0.1) is 0 Å². The van der Waals surface area contributed by atoms with E-state index < -0.39 is 6.10 Å². The van der Waals surface area contributed by atoms with Crippen LogP contribution in [0, 0.1) is 6.92 Å². The van der Waals surface area contributed by atoms with Crippen LogP contribution in [0.15, 0.2) is 60.7 Å². The number of aromatic nitrogens is 2. The monoisotopic (exact) mass is 433 g/mol. The van der Waals surface area contributed by atoms with Gasteiger partial charge in [-0.2, -0.15) is 0 Å². The lowest BCUT2D eigenvalue weighted by atomic mass is 10.2. The Morgan fingerprint density at radius 3 is 2.44 bits per heavy atom. The van der Waals surface area contributed by atoms with Crippen LogP contribution in [0.4, 0.5) is 23.0 Å². The second-order valence-corrected chi connectivity index (χ2v) is 7.52. The molecule has 2 N–H and O–H groups in total. The molecule has 1 aliphatic rings. The van der Waals surface area contributed by atoms with Crippen LogP contribution in [0.2, 0.25) is 0 Å². The van der Waals surface area contributed by atoms with Crippen LogP contribution < -0.4 is 20.3 Å². The molecule has 1 aromatic heterocycles. The van der Waals surface area contributed by atoms with Gasteiger partial charge in [-0.25, -0.2) is 9.97 Å². The van der Waals surface area contributed by atoms with Gasteiger partial charge in [-0.05, 0) is 50.2 Å². The Morgan fingerprint density at radius 2 is 1.72 bits per heavy atom. The number of carbonyl (C=O) groups excluding carboxylic acids is 1. The largest absolute Gasteiger partial charge is 0.481 e. The van der Waals surface area contributed by atoms with E-state index in [-0.39, 0.29) is 5.91 Å². The minimum absolute atomic E-state index is 0.212. The van der Waals surface area contributed by atoms with Crippen molar-refractivity contribution in [1.82, 2.24) is 9.97 Å². The van der Waals surface area contributed by atoms with E-state index in [4.69, 9.17) is 9.47 Å². The third-order valence-corrected chi connectivity index (χ3v) is 5.01. The summed E-state index contributed by atoms with van der Waals surface area (Å²) in [5.74, 6) is 2.76. The van der Waals surface area contributed by atoms with E-state index in [9.17, 15) is 4.79 Å². The van der Waals surface area contributed by atoms with Gasteiger partial charge in [0, 0.05) is 30.5 Å². The third-order valence-electron chi connectivity index (χ3n) is 5.01. The molecular weight excluding hydrogens is 406 g/mol. The lowest BCUT2D eigenvalue weighted by Crippen LogP contribution is -2.36. The molecule has 2 heterocycles. The molecule has 8 nitrogen and oxygen atoms in total. The van der Waals surface area contributed by atoms with E-state index in [0.29, 0.717) is 30.5 Å². The number of anilines is 4. The zero-order valence-electron chi connectivity index (χ0n) is 18.2. The molecule has 0 aliphatic carbocycles. The van der Waals surface area contributed by atoms with Crippen LogP contribution in [0.3, 0.4) is 0 Å². The summed E-state index contributed by atoms with van der Waals surface area (Å²) in [5.41, 5.74) is 1.56. The Labute approximate surface area is 187 Å². The molecular formula is C24H27N5O3. The van der Waals surface area contributed by atoms with E-state index in [0.717, 1.165) is 30.4 Å². The number of rotatable bonds is 7. The minimum Gasteiger partial charge on any atom is -0.481 e. The zero-order chi connectivity index (χ0) is 22.3. The van der Waals surface area contributed by atoms with Gasteiger partial charge in [0.25, 0.3) is 5.91 Å². The Hall–Kier alpha value is -3.65. The van der Waals surface area contributed by atoms with Crippen molar-refractivity contribution in [1.29, 1.82) is 0 Å². The lowest BCUT2D eigenvalue weighted by Gasteiger charge is -2.28. The molecule has 0 saturated carbocycles. The number of nitrogens with zero attached hydrogens (tertiary/aromatic N) is 3. The van der Waals surface area contributed by atoms with Crippen LogP contribution >= 0.6 is 0 Å². The summed E-state index contributed by atoms with van der Waals surface area (Å²) in [4.78, 5) is 23.7. The van der Waals surface area contributed by atoms with E-state index >= 15 is 0 Å². The first kappa shape index (κ1) is 21.6. The van der Waals surface area contributed by atoms with Crippen molar-refractivity contribution in [3.05, 3.63) is 66.5 Å². The molecule has 1 unspecified atom stereocenters. The van der Waals surface area contributed by atoms with Gasteiger partial charge in [-0.1, -0.05) is 18.2 Å². The van der Waals surface area contributed by atoms with Crippen molar-refractivity contribution in [3.8, 4) is 5.75 Å². The molecule has 3 aromatic rings. The highest BCUT2D eigenvalue weighted by atomic mass is 16.5. The number of amides is 1. The number of nitrogens with one attached hydrogen (secondary N) is 2. The Balaban J connectivity index is 1.36. The molecule has 0 bridgehead atoms. The zero-order valence-corrected chi connectivity index (χ0v) is 18.2. The summed E-state index contributed by atoms with van der Waals surface area (Å²) < 4.78 is 11.1. The summed E-state index contributed by atoms with van der Waals surface area (Å²) in [6.45, 7) is 6.64. The van der Waals surface area contributed by atoms with Crippen molar-refractivity contribution in [2.24, 2.45) is 0 Å². The highest BCUT2D eigenvalue weighted by Crippen LogP contribution is 2.22. The van der Waals surface area contributed by atoms with Crippen molar-refractivity contribution in [2.75, 3.05) is 41.8 Å². The SMILES string of the molecule is Cc1nc(Nc2ccc(NC(=O)C(C)Oc3ccccc3)cc2)cc(N2CCOCC2)n1. The van der Waals surface area contributed by atoms with E-state index in [2.05, 4.69) is 25.5 Å². The Morgan fingerprint density at radius 1 is 1.03 bits per heavy atom. The normalized spacial score (nSPS) is 14.5. The number of carbonyl (C=O) groups is 1. The maximum Gasteiger partial charge on any atom is 0.265 e. The molecule has 0 spiro atoms. The molecule has 1 saturated heterocycles. The number of morpholine rings is 1. The van der Waals surface area contributed by atoms with Crippen LogP contribution in [-0.4, -0.2) is 48.3 Å². The molecule has 166 valence electrons. The maximum absolute atomic E-state index is 12.4. The smallest absolute Gasteiger partial charge is 0.265 e. The highest BCUT2D eigenvalue weighted by molar-refractivity contribution is 5.94. The lowest BCUT2D eigenvalue weighted by molar-refractivity contribution is -0.122. The molecule has 2 aromatic carbocycles. The van der Waals surface area contributed by atoms with Gasteiger partial charge in [-0.3, -0.25) is 4.79 Å². The van der Waals surface area contributed by atoms with Crippen molar-refractivity contribution in [2.45, 2.75) is 20.0 Å². The standard InChI is InChI=1S/C24H27N5O3/c1-17(32-21-6-4-3-5-7-21)24(30)28-20-10-8-19(9-11-20)27-22-16-23(26-18(2)25-22)29-12-14-31-15-13-29/h3-11,16-17H,12-15H2,1-2H3,(H,28,30)(H,25,26,27). The molecule has 8 heteroatoms. The van der Waals surface area contributed by atoms with Crippen molar-refractivity contribution in [3.63, 3.8) is 0 Å². The van der Waals surface area contributed by atoms with Gasteiger partial charge in [0.05, 0.1) is 13.2 Å². The molecule has 0 radical (unpaired) electrons. The predicted octanol–water partition coefficient (Wildman–Crippen LogP) is 3.77. The quantitative estimate of drug-likeness (QED) is 0.586. The molecule has 1 fully saturated rings. The van der Waals surface area contributed by atoms with Crippen LogP contribution in [0.1, 0.15) is 12.7 Å². The first-order chi connectivity index (χ1) is 15.6. The number of hydrogen-bond acceptors (Lipinski definition) is 7. The number of para-hydroxylation sites is 1. The minimum atomic E-state index is -0.613. The fourth-order valence-corrected chi connectivity index (χ4v) is 3.36. The van der Waals surface area contributed by atoms with E-state index in [1.165, 1.54) is 0 Å². The first-order valence-electron chi connectivity index (χ1n) is 10.6. The Kier molecular flexibility index (Phi) is 6.81. The van der Waals surface area contributed by atoms with Gasteiger partial charge >= 0.3 is 0 Å². The number of ether oxygens (including phenoxy) is 2. The summed E-state index contributed by atoms with van der Waals surface area (Å²) >= 11 is 0. The number of aryl methyl sites for hydroxylation is 1. The van der Waals surface area contributed by atoms with Gasteiger partial charge in [0.1, 0.15) is 23.2 Å². The average Bonchev–Trinajstić information content (AvgIpc) is 2.81. The predicted molar refractivity (Wildman–Crippen MR) is 125 cm³/mol. The van der Waals surface area contributed by atoms with E-state index in [1.54, 1.807) is 6.92 Å². The highest BCUT2D eigenvalue weighted by Gasteiger charge is 2.16. The summed E-state index contributed by atoms with van der Waals surface area (Å²) in [5, 5.41) is 6.19. The van der Waals surface area contributed by atoms with Crippen LogP contribution in [0.25, 0.3) is 0 Å². The second-order valence-electron chi connectivity index (χ2n) is 7.52. The first-order valence-corrected chi connectivity index (χ1v) is 10.6. The van der Waals surface area contributed by atoms with Crippen molar-refractivity contribution >= 4 is 28.9 Å². The van der Waals surface area contributed by atoms with Crippen molar-refractivity contribution < 1.29 is 14.3 Å².